The summed E-state index contributed by atoms with van der Waals surface area (Å²) in [5.74, 6) is 0.507. The summed E-state index contributed by atoms with van der Waals surface area (Å²) in [6, 6.07) is 19.4. The molecule has 110 valence electrons. The Morgan fingerprint density at radius 2 is 1.52 bits per heavy atom. The lowest BCUT2D eigenvalue weighted by atomic mass is 9.97. The van der Waals surface area contributed by atoms with Crippen LogP contribution in [0.2, 0.25) is 0 Å². The van der Waals surface area contributed by atoms with Gasteiger partial charge < -0.3 is 10.6 Å². The zero-order valence-electron chi connectivity index (χ0n) is 12.5. The first-order valence-corrected chi connectivity index (χ1v) is 7.32. The molecule has 0 spiro atoms. The van der Waals surface area contributed by atoms with Crippen LogP contribution >= 0.6 is 0 Å². The van der Waals surface area contributed by atoms with Crippen molar-refractivity contribution in [2.45, 2.75) is 26.3 Å². The molecule has 3 nitrogen and oxygen atoms in total. The van der Waals surface area contributed by atoms with Gasteiger partial charge in [-0.3, -0.25) is 0 Å². The summed E-state index contributed by atoms with van der Waals surface area (Å²) in [6.07, 6.45) is 0.909. The second kappa shape index (κ2) is 7.48. The minimum atomic E-state index is -0.171. The predicted octanol–water partition coefficient (Wildman–Crippen LogP) is 4.60. The summed E-state index contributed by atoms with van der Waals surface area (Å²) in [5.41, 5.74) is 1.93. The number of rotatable bonds is 5. The standard InChI is InChI=1S/C18H22N2O/c1-14(2)13-17(15-9-5-3-6-10-15)20-18(21)19-16-11-7-4-8-12-16/h3-12,14,17H,13H2,1-2H3,(H2,19,20,21)/t17-/m1/s1. The monoisotopic (exact) mass is 282 g/mol. The quantitative estimate of drug-likeness (QED) is 0.827. The van der Waals surface area contributed by atoms with Crippen molar-refractivity contribution in [1.29, 1.82) is 0 Å². The Balaban J connectivity index is 2.03. The zero-order chi connectivity index (χ0) is 15.1. The first-order valence-electron chi connectivity index (χ1n) is 7.32. The van der Waals surface area contributed by atoms with E-state index in [9.17, 15) is 4.79 Å². The highest BCUT2D eigenvalue weighted by Gasteiger charge is 2.15. The summed E-state index contributed by atoms with van der Waals surface area (Å²) in [6.45, 7) is 4.32. The van der Waals surface area contributed by atoms with E-state index < -0.39 is 0 Å². The Morgan fingerprint density at radius 3 is 2.10 bits per heavy atom. The molecule has 2 rings (SSSR count). The van der Waals surface area contributed by atoms with Crippen LogP contribution in [-0.2, 0) is 0 Å². The third-order valence-corrected chi connectivity index (χ3v) is 3.25. The topological polar surface area (TPSA) is 41.1 Å². The number of nitrogens with one attached hydrogen (secondary N) is 2. The minimum Gasteiger partial charge on any atom is -0.331 e. The number of carbonyl (C=O) groups excluding carboxylic acids is 1. The average molecular weight is 282 g/mol. The van der Waals surface area contributed by atoms with Gasteiger partial charge >= 0.3 is 6.03 Å². The largest absolute Gasteiger partial charge is 0.331 e. The lowest BCUT2D eigenvalue weighted by Gasteiger charge is -2.21. The van der Waals surface area contributed by atoms with Crippen molar-refractivity contribution >= 4 is 11.7 Å². The molecule has 0 unspecified atom stereocenters. The first kappa shape index (κ1) is 15.1. The highest BCUT2D eigenvalue weighted by atomic mass is 16.2. The number of para-hydroxylation sites is 1. The van der Waals surface area contributed by atoms with Gasteiger partial charge in [0, 0.05) is 5.69 Å². The van der Waals surface area contributed by atoms with Crippen LogP contribution in [0.15, 0.2) is 60.7 Å². The van der Waals surface area contributed by atoms with E-state index in [1.807, 2.05) is 48.5 Å². The van der Waals surface area contributed by atoms with Gasteiger partial charge in [-0.05, 0) is 30.0 Å². The van der Waals surface area contributed by atoms with Crippen LogP contribution in [0.25, 0.3) is 0 Å². The van der Waals surface area contributed by atoms with Gasteiger partial charge in [0.25, 0.3) is 0 Å². The van der Waals surface area contributed by atoms with Crippen molar-refractivity contribution < 1.29 is 4.79 Å². The molecular weight excluding hydrogens is 260 g/mol. The summed E-state index contributed by atoms with van der Waals surface area (Å²) in [4.78, 5) is 12.2. The molecule has 0 aliphatic rings. The zero-order valence-corrected chi connectivity index (χ0v) is 12.5. The average Bonchev–Trinajstić information content (AvgIpc) is 2.48. The molecule has 21 heavy (non-hydrogen) atoms. The van der Waals surface area contributed by atoms with Crippen molar-refractivity contribution in [3.63, 3.8) is 0 Å². The minimum absolute atomic E-state index is 0.0231. The fraction of sp³-hybridized carbons (Fsp3) is 0.278. The number of anilines is 1. The number of urea groups is 1. The summed E-state index contributed by atoms with van der Waals surface area (Å²) in [5, 5.41) is 5.93. The molecule has 0 aromatic heterocycles. The van der Waals surface area contributed by atoms with Crippen LogP contribution in [0.3, 0.4) is 0 Å². The summed E-state index contributed by atoms with van der Waals surface area (Å²) >= 11 is 0. The van der Waals surface area contributed by atoms with Crippen molar-refractivity contribution in [2.75, 3.05) is 5.32 Å². The van der Waals surface area contributed by atoms with Crippen molar-refractivity contribution in [2.24, 2.45) is 5.92 Å². The molecule has 0 fully saturated rings. The van der Waals surface area contributed by atoms with E-state index in [0.717, 1.165) is 17.7 Å². The molecule has 2 aromatic rings. The van der Waals surface area contributed by atoms with E-state index in [0.29, 0.717) is 5.92 Å². The molecule has 2 aromatic carbocycles. The van der Waals surface area contributed by atoms with E-state index in [-0.39, 0.29) is 12.1 Å². The fourth-order valence-corrected chi connectivity index (χ4v) is 2.28. The molecule has 3 heteroatoms. The van der Waals surface area contributed by atoms with Gasteiger partial charge in [0.1, 0.15) is 0 Å². The number of amides is 2. The molecule has 0 radical (unpaired) electrons. The van der Waals surface area contributed by atoms with Crippen LogP contribution in [0.1, 0.15) is 31.9 Å². The third kappa shape index (κ3) is 4.95. The van der Waals surface area contributed by atoms with Gasteiger partial charge in [-0.25, -0.2) is 4.79 Å². The molecule has 0 saturated heterocycles. The second-order valence-corrected chi connectivity index (χ2v) is 5.56. The summed E-state index contributed by atoms with van der Waals surface area (Å²) in [7, 11) is 0. The lowest BCUT2D eigenvalue weighted by Crippen LogP contribution is -2.33. The van der Waals surface area contributed by atoms with Crippen molar-refractivity contribution in [1.82, 2.24) is 5.32 Å². The molecule has 2 N–H and O–H groups in total. The smallest absolute Gasteiger partial charge is 0.319 e. The normalized spacial score (nSPS) is 12.0. The van der Waals surface area contributed by atoms with Gasteiger partial charge in [-0.2, -0.15) is 0 Å². The Hall–Kier alpha value is -2.29. The highest BCUT2D eigenvalue weighted by molar-refractivity contribution is 5.89. The second-order valence-electron chi connectivity index (χ2n) is 5.56. The van der Waals surface area contributed by atoms with Gasteiger partial charge in [-0.1, -0.05) is 62.4 Å². The van der Waals surface area contributed by atoms with Gasteiger partial charge in [-0.15, -0.1) is 0 Å². The maximum atomic E-state index is 12.2. The number of carbonyl (C=O) groups is 1. The van der Waals surface area contributed by atoms with E-state index in [1.165, 1.54) is 0 Å². The molecule has 0 aliphatic carbocycles. The van der Waals surface area contributed by atoms with Crippen LogP contribution < -0.4 is 10.6 Å². The van der Waals surface area contributed by atoms with E-state index >= 15 is 0 Å². The number of benzene rings is 2. The molecule has 0 saturated carbocycles. The van der Waals surface area contributed by atoms with Crippen LogP contribution in [-0.4, -0.2) is 6.03 Å². The number of hydrogen-bond acceptors (Lipinski definition) is 1. The molecule has 0 heterocycles. The van der Waals surface area contributed by atoms with E-state index in [2.05, 4.69) is 36.6 Å². The third-order valence-electron chi connectivity index (χ3n) is 3.25. The first-order chi connectivity index (χ1) is 10.1. The summed E-state index contributed by atoms with van der Waals surface area (Å²) < 4.78 is 0. The van der Waals surface area contributed by atoms with Gasteiger partial charge in [0.2, 0.25) is 0 Å². The SMILES string of the molecule is CC(C)C[C@@H](NC(=O)Nc1ccccc1)c1ccccc1. The predicted molar refractivity (Wildman–Crippen MR) is 87.2 cm³/mol. The number of hydrogen-bond donors (Lipinski definition) is 2. The van der Waals surface area contributed by atoms with E-state index in [1.54, 1.807) is 0 Å². The van der Waals surface area contributed by atoms with Crippen molar-refractivity contribution in [3.8, 4) is 0 Å². The van der Waals surface area contributed by atoms with Crippen LogP contribution in [0.5, 0.6) is 0 Å². The Bertz CT molecular complexity index is 552. The molecule has 0 bridgehead atoms. The molecule has 2 amide bonds. The Morgan fingerprint density at radius 1 is 0.952 bits per heavy atom. The van der Waals surface area contributed by atoms with Crippen molar-refractivity contribution in [3.05, 3.63) is 66.2 Å². The Kier molecular flexibility index (Phi) is 5.38. The van der Waals surface area contributed by atoms with Gasteiger partial charge in [0.05, 0.1) is 6.04 Å². The van der Waals surface area contributed by atoms with Crippen LogP contribution in [0, 0.1) is 5.92 Å². The molecule has 1 atom stereocenters. The van der Waals surface area contributed by atoms with Crippen LogP contribution in [0.4, 0.5) is 10.5 Å². The fourth-order valence-electron chi connectivity index (χ4n) is 2.28. The highest BCUT2D eigenvalue weighted by Crippen LogP contribution is 2.21. The van der Waals surface area contributed by atoms with Gasteiger partial charge in [0.15, 0.2) is 0 Å². The maximum Gasteiger partial charge on any atom is 0.319 e. The van der Waals surface area contributed by atoms with E-state index in [4.69, 9.17) is 0 Å². The molecular formula is C18H22N2O. The maximum absolute atomic E-state index is 12.2. The molecule has 0 aliphatic heterocycles. The Labute approximate surface area is 126 Å². The lowest BCUT2D eigenvalue weighted by molar-refractivity contribution is 0.246.